The van der Waals surface area contributed by atoms with E-state index in [1.807, 2.05) is 54.6 Å². The molecule has 0 aromatic heterocycles. The largest absolute Gasteiger partial charge is 0.507 e. The van der Waals surface area contributed by atoms with E-state index in [0.717, 1.165) is 22.0 Å². The fraction of sp³-hybridized carbons (Fsp3) is 0.0385. The van der Waals surface area contributed by atoms with Crippen molar-refractivity contribution in [3.8, 4) is 5.75 Å². The third-order valence-electron chi connectivity index (χ3n) is 5.54. The number of carbonyl (C=O) groups excluding carboxylic acids is 1. The van der Waals surface area contributed by atoms with E-state index in [2.05, 4.69) is 36.4 Å². The maximum atomic E-state index is 11.6. The summed E-state index contributed by atoms with van der Waals surface area (Å²) in [6.45, 7) is 0. The molecule has 0 amide bonds. The monoisotopic (exact) mass is 442 g/mol. The summed E-state index contributed by atoms with van der Waals surface area (Å²) in [5.41, 5.74) is 0.0832. The minimum atomic E-state index is -2.38. The number of non-ortho nitro benzene ring substituents is 1. The highest BCUT2D eigenvalue weighted by atomic mass is 31.2. The van der Waals surface area contributed by atoms with Crippen molar-refractivity contribution in [1.82, 2.24) is 0 Å². The molecule has 0 fully saturated rings. The minimum Gasteiger partial charge on any atom is -0.507 e. The molecule has 1 N–H and O–H groups in total. The van der Waals surface area contributed by atoms with Crippen LogP contribution in [0.4, 0.5) is 5.69 Å². The zero-order valence-electron chi connectivity index (χ0n) is 17.2. The summed E-state index contributed by atoms with van der Waals surface area (Å²) >= 11 is 0. The Balaban J connectivity index is 2.05. The molecule has 0 spiro atoms. The van der Waals surface area contributed by atoms with Gasteiger partial charge in [0.2, 0.25) is 0 Å². The lowest BCUT2D eigenvalue weighted by Gasteiger charge is -2.28. The van der Waals surface area contributed by atoms with Crippen molar-refractivity contribution in [2.75, 3.05) is 0 Å². The van der Waals surface area contributed by atoms with Crippen LogP contribution < -0.4 is 15.9 Å². The van der Waals surface area contributed by atoms with Crippen molar-refractivity contribution in [2.45, 2.75) is 6.16 Å². The average molecular weight is 442 g/mol. The molecule has 0 bridgehead atoms. The number of aldehydes is 1. The topological polar surface area (TPSA) is 80.4 Å². The number of hydrogen-bond acceptors (Lipinski definition) is 4. The van der Waals surface area contributed by atoms with E-state index in [1.54, 1.807) is 0 Å². The average Bonchev–Trinajstić information content (AvgIpc) is 2.85. The predicted octanol–water partition coefficient (Wildman–Crippen LogP) is 4.61. The van der Waals surface area contributed by atoms with Crippen LogP contribution in [0.25, 0.3) is 0 Å². The molecule has 0 aliphatic carbocycles. The van der Waals surface area contributed by atoms with Crippen molar-refractivity contribution in [3.63, 3.8) is 0 Å². The van der Waals surface area contributed by atoms with Crippen LogP contribution >= 0.6 is 7.26 Å². The highest BCUT2D eigenvalue weighted by molar-refractivity contribution is 7.95. The van der Waals surface area contributed by atoms with E-state index in [4.69, 9.17) is 0 Å². The van der Waals surface area contributed by atoms with Gasteiger partial charge in [-0.25, -0.2) is 0 Å². The number of benzene rings is 4. The Morgan fingerprint density at radius 3 is 1.59 bits per heavy atom. The molecule has 0 atom stereocenters. The molecule has 5 nitrogen and oxygen atoms in total. The maximum Gasteiger partial charge on any atom is 0.270 e. The number of nitro groups is 1. The Hall–Kier alpha value is -3.82. The molecular weight excluding hydrogens is 421 g/mol. The molecule has 4 aromatic carbocycles. The molecule has 0 aliphatic heterocycles. The van der Waals surface area contributed by atoms with Crippen LogP contribution in [-0.2, 0) is 6.16 Å². The van der Waals surface area contributed by atoms with Gasteiger partial charge in [0.05, 0.1) is 10.5 Å². The Morgan fingerprint density at radius 2 is 1.22 bits per heavy atom. The summed E-state index contributed by atoms with van der Waals surface area (Å²) in [6, 6.07) is 32.5. The highest BCUT2D eigenvalue weighted by Gasteiger charge is 2.46. The van der Waals surface area contributed by atoms with Crippen LogP contribution in [-0.4, -0.2) is 16.3 Å². The van der Waals surface area contributed by atoms with Gasteiger partial charge >= 0.3 is 0 Å². The lowest BCUT2D eigenvalue weighted by molar-refractivity contribution is -0.384. The van der Waals surface area contributed by atoms with E-state index >= 15 is 0 Å². The number of nitro benzene ring substituents is 1. The Kier molecular flexibility index (Phi) is 6.11. The third kappa shape index (κ3) is 3.91. The zero-order valence-corrected chi connectivity index (χ0v) is 18.1. The van der Waals surface area contributed by atoms with Gasteiger partial charge in [-0.05, 0) is 36.4 Å². The third-order valence-corrected chi connectivity index (χ3v) is 9.89. The van der Waals surface area contributed by atoms with Crippen molar-refractivity contribution in [1.29, 1.82) is 0 Å². The lowest BCUT2D eigenvalue weighted by atomic mass is 10.1. The van der Waals surface area contributed by atoms with Gasteiger partial charge in [-0.1, -0.05) is 54.6 Å². The first kappa shape index (κ1) is 21.4. The van der Waals surface area contributed by atoms with E-state index in [0.29, 0.717) is 18.0 Å². The Morgan fingerprint density at radius 1 is 0.781 bits per heavy atom. The van der Waals surface area contributed by atoms with Gasteiger partial charge in [-0.2, -0.15) is 0 Å². The second kappa shape index (κ2) is 9.13. The Labute approximate surface area is 186 Å². The van der Waals surface area contributed by atoms with Gasteiger partial charge in [-0.15, -0.1) is 0 Å². The quantitative estimate of drug-likeness (QED) is 0.196. The number of phenols is 1. The fourth-order valence-corrected chi connectivity index (χ4v) is 8.28. The van der Waals surface area contributed by atoms with Crippen molar-refractivity contribution >= 4 is 35.1 Å². The van der Waals surface area contributed by atoms with Crippen LogP contribution in [0.2, 0.25) is 0 Å². The second-order valence-corrected chi connectivity index (χ2v) is 10.9. The van der Waals surface area contributed by atoms with Gasteiger partial charge in [0.1, 0.15) is 35.1 Å². The van der Waals surface area contributed by atoms with Gasteiger partial charge in [0.25, 0.3) is 5.69 Å². The van der Waals surface area contributed by atoms with Crippen molar-refractivity contribution in [3.05, 3.63) is 124 Å². The van der Waals surface area contributed by atoms with E-state index in [1.165, 1.54) is 6.07 Å². The van der Waals surface area contributed by atoms with Crippen LogP contribution in [0.3, 0.4) is 0 Å². The second-order valence-electron chi connectivity index (χ2n) is 7.39. The summed E-state index contributed by atoms with van der Waals surface area (Å²) in [5, 5.41) is 25.6. The van der Waals surface area contributed by atoms with Gasteiger partial charge in [-0.3, -0.25) is 14.9 Å². The number of phenolic OH excluding ortho intramolecular Hbond substituents is 1. The Bertz CT molecular complexity index is 1150. The van der Waals surface area contributed by atoms with E-state index in [-0.39, 0.29) is 17.0 Å². The molecule has 158 valence electrons. The molecular formula is C26H21NO4P+. The fourth-order valence-electron chi connectivity index (χ4n) is 4.04. The number of hydrogen-bond donors (Lipinski definition) is 1. The molecule has 0 unspecified atom stereocenters. The van der Waals surface area contributed by atoms with Gasteiger partial charge < -0.3 is 5.11 Å². The van der Waals surface area contributed by atoms with E-state index < -0.39 is 12.2 Å². The number of nitrogens with zero attached hydrogens (tertiary/aromatic N) is 1. The summed E-state index contributed by atoms with van der Waals surface area (Å²) < 4.78 is 0. The standard InChI is InChI=1S/C26H20NO4P/c28-18-20-16-22(27(30)31)17-21(26(20)29)19-32(23-10-4-1-5-11-23,24-12-6-2-7-13-24)25-14-8-3-9-15-25/h1-18H,19H2/p+1. The highest BCUT2D eigenvalue weighted by Crippen LogP contribution is 2.59. The molecule has 0 saturated heterocycles. The summed E-state index contributed by atoms with van der Waals surface area (Å²) in [4.78, 5) is 22.5. The normalized spacial score (nSPS) is 11.1. The van der Waals surface area contributed by atoms with Crippen LogP contribution in [0.5, 0.6) is 5.75 Å². The molecule has 4 aromatic rings. The maximum absolute atomic E-state index is 11.6. The van der Waals surface area contributed by atoms with Gasteiger partial charge in [0, 0.05) is 17.7 Å². The molecule has 4 rings (SSSR count). The van der Waals surface area contributed by atoms with Crippen molar-refractivity contribution in [2.24, 2.45) is 0 Å². The summed E-state index contributed by atoms with van der Waals surface area (Å²) in [7, 11) is -2.38. The molecule has 0 heterocycles. The molecule has 0 aliphatic rings. The van der Waals surface area contributed by atoms with Crippen molar-refractivity contribution < 1.29 is 14.8 Å². The number of carbonyl (C=O) groups is 1. The summed E-state index contributed by atoms with van der Waals surface area (Å²) in [5.74, 6) is -0.210. The number of rotatable bonds is 7. The van der Waals surface area contributed by atoms with Crippen LogP contribution in [0.15, 0.2) is 103 Å². The SMILES string of the molecule is O=Cc1cc([N+](=O)[O-])cc(C[P+](c2ccccc2)(c2ccccc2)c2ccccc2)c1O. The first-order valence-corrected chi connectivity index (χ1v) is 12.0. The lowest BCUT2D eigenvalue weighted by Crippen LogP contribution is -2.32. The summed E-state index contributed by atoms with van der Waals surface area (Å²) in [6.07, 6.45) is 0.791. The zero-order chi connectivity index (χ0) is 22.6. The minimum absolute atomic E-state index is 0.0820. The molecule has 32 heavy (non-hydrogen) atoms. The molecule has 6 heteroatoms. The molecule has 0 radical (unpaired) electrons. The van der Waals surface area contributed by atoms with E-state index in [9.17, 15) is 20.0 Å². The molecule has 0 saturated carbocycles. The number of aromatic hydroxyl groups is 1. The first-order chi connectivity index (χ1) is 15.6. The van der Waals surface area contributed by atoms with Crippen LogP contribution in [0, 0.1) is 10.1 Å². The smallest absolute Gasteiger partial charge is 0.270 e. The predicted molar refractivity (Wildman–Crippen MR) is 129 cm³/mol. The van der Waals surface area contributed by atoms with Crippen LogP contribution in [0.1, 0.15) is 15.9 Å². The first-order valence-electron chi connectivity index (χ1n) is 10.1. The van der Waals surface area contributed by atoms with Gasteiger partial charge in [0.15, 0.2) is 6.29 Å².